The van der Waals surface area contributed by atoms with Crippen LogP contribution in [0.4, 0.5) is 10.1 Å². The first-order valence-corrected chi connectivity index (χ1v) is 9.44. The van der Waals surface area contributed by atoms with Crippen LogP contribution in [0.15, 0.2) is 36.5 Å². The van der Waals surface area contributed by atoms with Crippen LogP contribution in [0.2, 0.25) is 0 Å². The Morgan fingerprint density at radius 3 is 2.78 bits per heavy atom. The topological polar surface area (TPSA) is 51.7 Å². The molecule has 1 atom stereocenters. The predicted octanol–water partition coefficient (Wildman–Crippen LogP) is 3.76. The zero-order chi connectivity index (χ0) is 18.8. The summed E-state index contributed by atoms with van der Waals surface area (Å²) in [4.78, 5) is 19.2. The molecule has 142 valence electrons. The number of pyridine rings is 1. The van der Waals surface area contributed by atoms with Gasteiger partial charge in [0.2, 0.25) is 5.88 Å². The van der Waals surface area contributed by atoms with Crippen molar-refractivity contribution in [3.8, 4) is 5.88 Å². The number of hydrogen-bond donors (Lipinski definition) is 0. The van der Waals surface area contributed by atoms with E-state index in [1.165, 1.54) is 12.1 Å². The van der Waals surface area contributed by atoms with Crippen molar-refractivity contribution in [2.24, 2.45) is 0 Å². The number of carbonyl (C=O) groups is 1. The van der Waals surface area contributed by atoms with Crippen LogP contribution in [-0.2, 0) is 11.2 Å². The van der Waals surface area contributed by atoms with E-state index in [2.05, 4.69) is 4.98 Å². The fourth-order valence-corrected chi connectivity index (χ4v) is 3.71. The number of benzene rings is 1. The van der Waals surface area contributed by atoms with Crippen molar-refractivity contribution in [3.05, 3.63) is 53.5 Å². The van der Waals surface area contributed by atoms with Crippen molar-refractivity contribution >= 4 is 11.6 Å². The largest absolute Gasteiger partial charge is 0.474 e. The third kappa shape index (κ3) is 3.81. The molecule has 1 fully saturated rings. The Kier molecular flexibility index (Phi) is 5.07. The fourth-order valence-electron chi connectivity index (χ4n) is 3.71. The summed E-state index contributed by atoms with van der Waals surface area (Å²) >= 11 is 0. The van der Waals surface area contributed by atoms with Crippen molar-refractivity contribution in [1.29, 1.82) is 0 Å². The van der Waals surface area contributed by atoms with Crippen LogP contribution in [0, 0.1) is 5.82 Å². The summed E-state index contributed by atoms with van der Waals surface area (Å²) in [7, 11) is 0. The molecule has 1 saturated heterocycles. The molecule has 2 aliphatic rings. The third-order valence-electron chi connectivity index (χ3n) is 5.23. The van der Waals surface area contributed by atoms with E-state index < -0.39 is 0 Å². The highest BCUT2D eigenvalue weighted by atomic mass is 19.1. The van der Waals surface area contributed by atoms with Gasteiger partial charge in [-0.2, -0.15) is 0 Å². The minimum absolute atomic E-state index is 0.0497. The van der Waals surface area contributed by atoms with Gasteiger partial charge >= 0.3 is 0 Å². The first-order valence-electron chi connectivity index (χ1n) is 9.44. The van der Waals surface area contributed by atoms with E-state index in [0.29, 0.717) is 24.7 Å². The van der Waals surface area contributed by atoms with Crippen molar-refractivity contribution in [1.82, 2.24) is 4.98 Å². The van der Waals surface area contributed by atoms with Crippen LogP contribution < -0.4 is 9.64 Å². The molecule has 0 spiro atoms. The number of amides is 1. The molecule has 27 heavy (non-hydrogen) atoms. The van der Waals surface area contributed by atoms with Crippen LogP contribution in [0.3, 0.4) is 0 Å². The summed E-state index contributed by atoms with van der Waals surface area (Å²) in [5, 5.41) is 0. The van der Waals surface area contributed by atoms with Gasteiger partial charge in [0.1, 0.15) is 11.9 Å². The van der Waals surface area contributed by atoms with Crippen molar-refractivity contribution in [2.75, 3.05) is 18.1 Å². The lowest BCUT2D eigenvalue weighted by molar-refractivity contribution is 0.0237. The monoisotopic (exact) mass is 370 g/mol. The van der Waals surface area contributed by atoms with Gasteiger partial charge in [0, 0.05) is 36.8 Å². The summed E-state index contributed by atoms with van der Waals surface area (Å²) in [5.41, 5.74) is 2.15. The summed E-state index contributed by atoms with van der Waals surface area (Å²) in [6.45, 7) is 3.42. The molecule has 0 saturated carbocycles. The number of ether oxygens (including phenoxy) is 2. The van der Waals surface area contributed by atoms with Crippen molar-refractivity contribution in [3.63, 3.8) is 0 Å². The zero-order valence-electron chi connectivity index (χ0n) is 15.4. The Hall–Kier alpha value is -2.47. The number of carbonyl (C=O) groups excluding carboxylic acids is 1. The van der Waals surface area contributed by atoms with Crippen LogP contribution in [0.1, 0.15) is 42.1 Å². The first-order chi connectivity index (χ1) is 13.1. The normalized spacial score (nSPS) is 20.2. The van der Waals surface area contributed by atoms with E-state index in [9.17, 15) is 9.18 Å². The van der Waals surface area contributed by atoms with E-state index in [-0.39, 0.29) is 23.9 Å². The lowest BCUT2D eigenvalue weighted by Gasteiger charge is -2.35. The van der Waals surface area contributed by atoms with Gasteiger partial charge in [-0.05, 0) is 49.6 Å². The molecule has 2 aromatic rings. The Labute approximate surface area is 158 Å². The number of anilines is 1. The molecule has 6 heteroatoms. The highest BCUT2D eigenvalue weighted by Gasteiger charge is 2.29. The minimum atomic E-state index is -0.271. The quantitative estimate of drug-likeness (QED) is 0.826. The first kappa shape index (κ1) is 17.9. The summed E-state index contributed by atoms with van der Waals surface area (Å²) < 4.78 is 24.7. The van der Waals surface area contributed by atoms with E-state index in [1.54, 1.807) is 29.3 Å². The van der Waals surface area contributed by atoms with Gasteiger partial charge in [0.25, 0.3) is 5.91 Å². The van der Waals surface area contributed by atoms with Crippen molar-refractivity contribution < 1.29 is 18.7 Å². The number of hydrogen-bond acceptors (Lipinski definition) is 4. The number of aromatic nitrogens is 1. The molecule has 2 aliphatic heterocycles. The maximum atomic E-state index is 13.5. The Balaban J connectivity index is 1.52. The molecule has 0 bridgehead atoms. The molecule has 4 rings (SSSR count). The van der Waals surface area contributed by atoms with E-state index >= 15 is 0 Å². The van der Waals surface area contributed by atoms with Gasteiger partial charge in [-0.3, -0.25) is 4.79 Å². The van der Waals surface area contributed by atoms with E-state index in [0.717, 1.165) is 36.9 Å². The molecule has 1 aromatic carbocycles. The molecular formula is C21H23FN2O3. The van der Waals surface area contributed by atoms with Crippen LogP contribution in [0.25, 0.3) is 0 Å². The zero-order valence-corrected chi connectivity index (χ0v) is 15.4. The van der Waals surface area contributed by atoms with Crippen molar-refractivity contribution in [2.45, 2.75) is 44.8 Å². The average Bonchev–Trinajstić information content (AvgIpc) is 2.69. The predicted molar refractivity (Wildman–Crippen MR) is 99.7 cm³/mol. The average molecular weight is 370 g/mol. The summed E-state index contributed by atoms with van der Waals surface area (Å²) in [5.74, 6) is 0.125. The number of halogens is 1. The maximum absolute atomic E-state index is 13.5. The molecule has 0 N–H and O–H groups in total. The van der Waals surface area contributed by atoms with E-state index in [1.807, 2.05) is 6.92 Å². The number of nitrogens with zero attached hydrogens (tertiary/aromatic N) is 2. The molecule has 0 aliphatic carbocycles. The van der Waals surface area contributed by atoms with Crippen LogP contribution >= 0.6 is 0 Å². The van der Waals surface area contributed by atoms with Gasteiger partial charge in [-0.15, -0.1) is 0 Å². The number of rotatable bonds is 3. The molecule has 5 nitrogen and oxygen atoms in total. The third-order valence-corrected chi connectivity index (χ3v) is 5.23. The Morgan fingerprint density at radius 1 is 1.22 bits per heavy atom. The molecule has 3 heterocycles. The lowest BCUT2D eigenvalue weighted by Crippen LogP contribution is -2.42. The second-order valence-corrected chi connectivity index (χ2v) is 7.15. The highest BCUT2D eigenvalue weighted by Crippen LogP contribution is 2.32. The standard InChI is InChI=1S/C21H23FN2O3/c1-14-2-3-15-12-17(22)5-6-19(15)24(14)21(25)16-4-7-20(23-13-16)27-18-8-10-26-11-9-18/h4-7,12-14,18H,2-3,8-11H2,1H3/t14-/m0/s1. The second kappa shape index (κ2) is 7.64. The minimum Gasteiger partial charge on any atom is -0.474 e. The van der Waals surface area contributed by atoms with Gasteiger partial charge in [-0.25, -0.2) is 9.37 Å². The molecular weight excluding hydrogens is 347 g/mol. The maximum Gasteiger partial charge on any atom is 0.260 e. The molecule has 1 aromatic heterocycles. The smallest absolute Gasteiger partial charge is 0.260 e. The second-order valence-electron chi connectivity index (χ2n) is 7.15. The SMILES string of the molecule is C[C@H]1CCc2cc(F)ccc2N1C(=O)c1ccc(OC2CCOCC2)nc1. The summed E-state index contributed by atoms with van der Waals surface area (Å²) in [6.07, 6.45) is 4.94. The number of aryl methyl sites for hydroxylation is 1. The van der Waals surface area contributed by atoms with E-state index in [4.69, 9.17) is 9.47 Å². The van der Waals surface area contributed by atoms with Gasteiger partial charge < -0.3 is 14.4 Å². The summed E-state index contributed by atoms with van der Waals surface area (Å²) in [6, 6.07) is 8.14. The van der Waals surface area contributed by atoms with Crippen LogP contribution in [-0.4, -0.2) is 36.3 Å². The van der Waals surface area contributed by atoms with Gasteiger partial charge in [-0.1, -0.05) is 0 Å². The van der Waals surface area contributed by atoms with Gasteiger partial charge in [0.05, 0.1) is 18.8 Å². The lowest BCUT2D eigenvalue weighted by atomic mass is 9.95. The number of fused-ring (bicyclic) bond motifs is 1. The Morgan fingerprint density at radius 2 is 2.04 bits per heavy atom. The fraction of sp³-hybridized carbons (Fsp3) is 0.429. The molecule has 0 radical (unpaired) electrons. The highest BCUT2D eigenvalue weighted by molar-refractivity contribution is 6.07. The van der Waals surface area contributed by atoms with Crippen LogP contribution in [0.5, 0.6) is 5.88 Å². The van der Waals surface area contributed by atoms with Gasteiger partial charge in [0.15, 0.2) is 0 Å². The molecule has 0 unspecified atom stereocenters. The Bertz CT molecular complexity index is 819. The molecule has 1 amide bonds.